The Bertz CT molecular complexity index is 1120. The summed E-state index contributed by atoms with van der Waals surface area (Å²) in [5, 5.41) is 0. The van der Waals surface area contributed by atoms with Crippen LogP contribution in [0.2, 0.25) is 0 Å². The van der Waals surface area contributed by atoms with Crippen molar-refractivity contribution < 1.29 is 9.53 Å². The van der Waals surface area contributed by atoms with E-state index >= 15 is 0 Å². The normalized spacial score (nSPS) is 23.8. The van der Waals surface area contributed by atoms with E-state index in [0.717, 1.165) is 75.7 Å². The molecule has 0 spiro atoms. The smallest absolute Gasteiger partial charge is 0.295 e. The van der Waals surface area contributed by atoms with Crippen LogP contribution in [-0.4, -0.2) is 61.1 Å². The first-order chi connectivity index (χ1) is 19.7. The average Bonchev–Trinajstić information content (AvgIpc) is 3.00. The minimum atomic E-state index is 0.0327. The largest absolute Gasteiger partial charge is 0.487 e. The number of anilines is 1. The highest BCUT2D eigenvalue weighted by Gasteiger charge is 2.33. The number of ether oxygens (including phenoxy) is 1. The number of hydrogen-bond donors (Lipinski definition) is 0. The molecule has 3 aliphatic rings. The molecule has 1 aliphatic carbocycles. The van der Waals surface area contributed by atoms with Gasteiger partial charge in [-0.15, -0.1) is 0 Å². The van der Waals surface area contributed by atoms with Crippen LogP contribution in [0.3, 0.4) is 0 Å². The van der Waals surface area contributed by atoms with Crippen molar-refractivity contribution in [3.63, 3.8) is 0 Å². The van der Waals surface area contributed by atoms with Crippen molar-refractivity contribution in [2.45, 2.75) is 70.8 Å². The molecule has 1 saturated heterocycles. The minimum Gasteiger partial charge on any atom is -0.487 e. The van der Waals surface area contributed by atoms with Crippen LogP contribution in [0.5, 0.6) is 0 Å². The first-order valence-electron chi connectivity index (χ1n) is 15.6. The zero-order chi connectivity index (χ0) is 27.6. The Morgan fingerprint density at radius 1 is 0.850 bits per heavy atom. The molecule has 2 aliphatic heterocycles. The number of benzene rings is 2. The first-order valence-corrected chi connectivity index (χ1v) is 15.6. The lowest BCUT2D eigenvalue weighted by molar-refractivity contribution is -0.119. The summed E-state index contributed by atoms with van der Waals surface area (Å²) in [6.07, 6.45) is 15.1. The highest BCUT2D eigenvalue weighted by Crippen LogP contribution is 2.31. The lowest BCUT2D eigenvalue weighted by atomic mass is 9.87. The summed E-state index contributed by atoms with van der Waals surface area (Å²) in [7, 11) is 0. The van der Waals surface area contributed by atoms with Gasteiger partial charge in [0.15, 0.2) is 0 Å². The Kier molecular flexibility index (Phi) is 10.4. The number of rotatable bonds is 9. The third-order valence-electron chi connectivity index (χ3n) is 8.91. The van der Waals surface area contributed by atoms with Crippen LogP contribution in [0, 0.1) is 5.92 Å². The monoisotopic (exact) mass is 541 g/mol. The first kappa shape index (κ1) is 28.5. The van der Waals surface area contributed by atoms with Gasteiger partial charge in [-0.1, -0.05) is 92.8 Å². The molecule has 214 valence electrons. The average molecular weight is 542 g/mol. The summed E-state index contributed by atoms with van der Waals surface area (Å²) in [5.74, 6) is 1.37. The molecular weight excluding hydrogens is 494 g/mol. The van der Waals surface area contributed by atoms with E-state index in [-0.39, 0.29) is 11.9 Å². The number of amides is 1. The number of allylic oxidation sites excluding steroid dienone is 1. The van der Waals surface area contributed by atoms with Crippen molar-refractivity contribution >= 4 is 17.7 Å². The predicted molar refractivity (Wildman–Crippen MR) is 165 cm³/mol. The molecule has 0 radical (unpaired) electrons. The van der Waals surface area contributed by atoms with Crippen LogP contribution in [-0.2, 0) is 9.53 Å². The molecule has 0 aromatic heterocycles. The maximum absolute atomic E-state index is 14.3. The zero-order valence-corrected chi connectivity index (χ0v) is 24.3. The van der Waals surface area contributed by atoms with E-state index in [1.54, 1.807) is 0 Å². The van der Waals surface area contributed by atoms with Gasteiger partial charge in [0.05, 0.1) is 12.3 Å². The number of carbonyl (C=O) groups is 1. The fraction of sp³-hybridized carbons (Fsp3) is 0.514. The maximum atomic E-state index is 14.3. The third kappa shape index (κ3) is 7.57. The lowest BCUT2D eigenvalue weighted by Crippen LogP contribution is -2.48. The molecule has 0 bridgehead atoms. The predicted octanol–water partition coefficient (Wildman–Crippen LogP) is 7.12. The van der Waals surface area contributed by atoms with Crippen molar-refractivity contribution in [2.24, 2.45) is 5.92 Å². The molecule has 1 amide bonds. The molecule has 40 heavy (non-hydrogen) atoms. The highest BCUT2D eigenvalue weighted by atomic mass is 16.5. The summed E-state index contributed by atoms with van der Waals surface area (Å²) in [5.41, 5.74) is 3.33. The van der Waals surface area contributed by atoms with Gasteiger partial charge >= 0.3 is 0 Å². The van der Waals surface area contributed by atoms with Gasteiger partial charge in [-0.2, -0.15) is 0 Å². The SMILES string of the molecule is CC1CCC/C(N2CCN(C/C=C/c3ccccc3)CC2)=C(/OCCC2CCCCC2)C(=O)N1c1ccccc1. The second-order valence-electron chi connectivity index (χ2n) is 11.8. The van der Waals surface area contributed by atoms with Gasteiger partial charge in [0.25, 0.3) is 5.91 Å². The van der Waals surface area contributed by atoms with E-state index in [1.165, 1.54) is 37.7 Å². The Hall–Kier alpha value is -3.05. The summed E-state index contributed by atoms with van der Waals surface area (Å²) in [6, 6.07) is 20.8. The van der Waals surface area contributed by atoms with Gasteiger partial charge in [0.1, 0.15) is 0 Å². The fourth-order valence-corrected chi connectivity index (χ4v) is 6.55. The summed E-state index contributed by atoms with van der Waals surface area (Å²) < 4.78 is 6.56. The number of hydrogen-bond acceptors (Lipinski definition) is 4. The van der Waals surface area contributed by atoms with E-state index < -0.39 is 0 Å². The Balaban J connectivity index is 1.31. The second kappa shape index (κ2) is 14.5. The molecule has 2 aromatic carbocycles. The molecule has 2 aromatic rings. The summed E-state index contributed by atoms with van der Waals surface area (Å²) in [6.45, 7) is 7.60. The van der Waals surface area contributed by atoms with Crippen LogP contribution < -0.4 is 4.90 Å². The van der Waals surface area contributed by atoms with Crippen molar-refractivity contribution in [3.8, 4) is 0 Å². The molecule has 2 heterocycles. The van der Waals surface area contributed by atoms with Gasteiger partial charge < -0.3 is 14.5 Å². The van der Waals surface area contributed by atoms with Crippen LogP contribution in [0.4, 0.5) is 5.69 Å². The van der Waals surface area contributed by atoms with Crippen molar-refractivity contribution in [1.29, 1.82) is 0 Å². The fourth-order valence-electron chi connectivity index (χ4n) is 6.55. The van der Waals surface area contributed by atoms with Gasteiger partial charge in [-0.25, -0.2) is 0 Å². The van der Waals surface area contributed by atoms with E-state index in [0.29, 0.717) is 12.4 Å². The Labute approximate surface area is 241 Å². The summed E-state index contributed by atoms with van der Waals surface area (Å²) >= 11 is 0. The number of nitrogens with zero attached hydrogens (tertiary/aromatic N) is 3. The van der Waals surface area contributed by atoms with Crippen molar-refractivity contribution in [1.82, 2.24) is 9.80 Å². The molecule has 2 fully saturated rings. The second-order valence-corrected chi connectivity index (χ2v) is 11.8. The molecule has 5 nitrogen and oxygen atoms in total. The van der Waals surface area contributed by atoms with Crippen LogP contribution in [0.15, 0.2) is 78.2 Å². The maximum Gasteiger partial charge on any atom is 0.295 e. The van der Waals surface area contributed by atoms with E-state index in [4.69, 9.17) is 4.74 Å². The van der Waals surface area contributed by atoms with Gasteiger partial charge in [0, 0.05) is 44.5 Å². The molecule has 0 N–H and O–H groups in total. The minimum absolute atomic E-state index is 0.0327. The highest BCUT2D eigenvalue weighted by molar-refractivity contribution is 6.05. The number of carbonyl (C=O) groups excluding carboxylic acids is 1. The molecule has 1 atom stereocenters. The standard InChI is InChI=1S/C35H47N3O2/c1-29-13-11-21-33(37-26-24-36(25-27-37)23-12-18-30-14-5-2-6-15-30)34(40-28-22-31-16-7-3-8-17-31)35(39)38(29)32-19-9-4-10-20-32/h2,4-6,9-10,12,14-15,18-20,29,31H,3,7-8,11,13,16-17,21-28H2,1H3/b18-12+,34-33-. The number of para-hydroxylation sites is 1. The molecule has 1 saturated carbocycles. The van der Waals surface area contributed by atoms with E-state index in [1.807, 2.05) is 23.1 Å². The third-order valence-corrected chi connectivity index (χ3v) is 8.91. The van der Waals surface area contributed by atoms with Crippen LogP contribution in [0.25, 0.3) is 6.08 Å². The van der Waals surface area contributed by atoms with Gasteiger partial charge in [-0.05, 0) is 56.2 Å². The molecule has 5 heteroatoms. The van der Waals surface area contributed by atoms with Gasteiger partial charge in [0.2, 0.25) is 5.76 Å². The Morgan fingerprint density at radius 3 is 2.27 bits per heavy atom. The molecular formula is C35H47N3O2. The molecule has 5 rings (SSSR count). The van der Waals surface area contributed by atoms with Crippen molar-refractivity contribution in [3.05, 3.63) is 83.8 Å². The number of piperazine rings is 1. The summed E-state index contributed by atoms with van der Waals surface area (Å²) in [4.78, 5) is 21.2. The topological polar surface area (TPSA) is 36.0 Å². The van der Waals surface area contributed by atoms with Crippen LogP contribution in [0.1, 0.15) is 70.3 Å². The molecule has 1 unspecified atom stereocenters. The zero-order valence-electron chi connectivity index (χ0n) is 24.3. The van der Waals surface area contributed by atoms with Gasteiger partial charge in [-0.3, -0.25) is 9.69 Å². The van der Waals surface area contributed by atoms with Crippen LogP contribution >= 0.6 is 0 Å². The van der Waals surface area contributed by atoms with E-state index in [2.05, 4.69) is 71.3 Å². The van der Waals surface area contributed by atoms with Crippen molar-refractivity contribution in [2.75, 3.05) is 44.2 Å². The Morgan fingerprint density at radius 2 is 1.55 bits per heavy atom. The van der Waals surface area contributed by atoms with E-state index in [9.17, 15) is 4.79 Å². The quantitative estimate of drug-likeness (QED) is 0.339. The lowest BCUT2D eigenvalue weighted by Gasteiger charge is -2.40.